The van der Waals surface area contributed by atoms with Crippen molar-refractivity contribution < 1.29 is 14.0 Å². The summed E-state index contributed by atoms with van der Waals surface area (Å²) in [5, 5.41) is 4.12. The van der Waals surface area contributed by atoms with Crippen LogP contribution in [0.5, 0.6) is 5.75 Å². The Bertz CT molecular complexity index is 639. The Morgan fingerprint density at radius 2 is 2.04 bits per heavy atom. The zero-order chi connectivity index (χ0) is 16.9. The Hall–Kier alpha value is -1.92. The molecule has 2 heterocycles. The van der Waals surface area contributed by atoms with E-state index in [0.717, 1.165) is 31.7 Å². The summed E-state index contributed by atoms with van der Waals surface area (Å²) in [5.41, 5.74) is 1.22. The summed E-state index contributed by atoms with van der Waals surface area (Å²) in [5.74, 6) is 2.18. The summed E-state index contributed by atoms with van der Waals surface area (Å²) < 4.78 is 16.4. The number of aryl methyl sites for hydroxylation is 2. The molecule has 1 aromatic carbocycles. The molecule has 1 aromatic heterocycles. The molecule has 0 aliphatic carbocycles. The van der Waals surface area contributed by atoms with E-state index >= 15 is 0 Å². The lowest BCUT2D eigenvalue weighted by Crippen LogP contribution is -2.42. The Morgan fingerprint density at radius 1 is 1.25 bits per heavy atom. The molecule has 0 unspecified atom stereocenters. The molecular formula is C18H25N3O3. The van der Waals surface area contributed by atoms with Crippen LogP contribution in [-0.4, -0.2) is 47.9 Å². The highest BCUT2D eigenvalue weighted by atomic mass is 16.5. The standard InChI is InChI=1S/C18H25N3O3/c1-13(2)21-10-11-23-16(12-21)18-19-17(24-20-18)9-6-14-4-7-15(22-3)8-5-14/h4-5,7-8,13,16H,6,9-12H2,1-3H3/t16-/m0/s1. The highest BCUT2D eigenvalue weighted by molar-refractivity contribution is 5.27. The largest absolute Gasteiger partial charge is 0.497 e. The topological polar surface area (TPSA) is 60.6 Å². The lowest BCUT2D eigenvalue weighted by molar-refractivity contribution is -0.0450. The van der Waals surface area contributed by atoms with Gasteiger partial charge in [0.15, 0.2) is 0 Å². The fourth-order valence-corrected chi connectivity index (χ4v) is 2.84. The van der Waals surface area contributed by atoms with Crippen LogP contribution in [0.15, 0.2) is 28.8 Å². The molecule has 1 aliphatic rings. The van der Waals surface area contributed by atoms with Gasteiger partial charge in [0.2, 0.25) is 11.7 Å². The van der Waals surface area contributed by atoms with Gasteiger partial charge in [0.05, 0.1) is 13.7 Å². The molecule has 1 saturated heterocycles. The summed E-state index contributed by atoms with van der Waals surface area (Å²) in [6, 6.07) is 8.54. The van der Waals surface area contributed by atoms with Gasteiger partial charge in [-0.25, -0.2) is 0 Å². The normalized spacial score (nSPS) is 18.9. The third kappa shape index (κ3) is 4.13. The van der Waals surface area contributed by atoms with Crippen LogP contribution in [0.4, 0.5) is 0 Å². The molecule has 24 heavy (non-hydrogen) atoms. The lowest BCUT2D eigenvalue weighted by atomic mass is 10.1. The van der Waals surface area contributed by atoms with Gasteiger partial charge in [-0.1, -0.05) is 17.3 Å². The highest BCUT2D eigenvalue weighted by Crippen LogP contribution is 2.21. The predicted molar refractivity (Wildman–Crippen MR) is 90.1 cm³/mol. The van der Waals surface area contributed by atoms with Gasteiger partial charge < -0.3 is 14.0 Å². The van der Waals surface area contributed by atoms with Crippen molar-refractivity contribution >= 4 is 0 Å². The van der Waals surface area contributed by atoms with E-state index < -0.39 is 0 Å². The van der Waals surface area contributed by atoms with Crippen LogP contribution in [0.3, 0.4) is 0 Å². The molecule has 0 saturated carbocycles. The van der Waals surface area contributed by atoms with Crippen LogP contribution >= 0.6 is 0 Å². The molecular weight excluding hydrogens is 306 g/mol. The van der Waals surface area contributed by atoms with E-state index in [4.69, 9.17) is 14.0 Å². The Morgan fingerprint density at radius 3 is 2.75 bits per heavy atom. The van der Waals surface area contributed by atoms with Crippen molar-refractivity contribution in [1.82, 2.24) is 15.0 Å². The minimum absolute atomic E-state index is 0.0976. The average Bonchev–Trinajstić information content (AvgIpc) is 3.09. The summed E-state index contributed by atoms with van der Waals surface area (Å²) in [6.07, 6.45) is 1.48. The fraction of sp³-hybridized carbons (Fsp3) is 0.556. The molecule has 1 fully saturated rings. The lowest BCUT2D eigenvalue weighted by Gasteiger charge is -2.34. The van der Waals surface area contributed by atoms with Gasteiger partial charge in [-0.3, -0.25) is 4.90 Å². The third-order valence-electron chi connectivity index (χ3n) is 4.39. The number of hydrogen-bond acceptors (Lipinski definition) is 6. The number of benzene rings is 1. The summed E-state index contributed by atoms with van der Waals surface area (Å²) in [7, 11) is 1.67. The summed E-state index contributed by atoms with van der Waals surface area (Å²) >= 11 is 0. The second-order valence-electron chi connectivity index (χ2n) is 6.34. The van der Waals surface area contributed by atoms with Gasteiger partial charge >= 0.3 is 0 Å². The van der Waals surface area contributed by atoms with Crippen LogP contribution in [0, 0.1) is 0 Å². The SMILES string of the molecule is COc1ccc(CCc2nc([C@@H]3CN(C(C)C)CCO3)no2)cc1. The first-order chi connectivity index (χ1) is 11.7. The number of hydrogen-bond donors (Lipinski definition) is 0. The molecule has 0 spiro atoms. The molecule has 0 radical (unpaired) electrons. The minimum atomic E-state index is -0.0976. The van der Waals surface area contributed by atoms with Gasteiger partial charge in [-0.05, 0) is 38.0 Å². The highest BCUT2D eigenvalue weighted by Gasteiger charge is 2.27. The van der Waals surface area contributed by atoms with E-state index in [2.05, 4.69) is 41.0 Å². The van der Waals surface area contributed by atoms with Crippen molar-refractivity contribution in [3.8, 4) is 5.75 Å². The molecule has 2 aromatic rings. The molecule has 0 bridgehead atoms. The van der Waals surface area contributed by atoms with Gasteiger partial charge in [-0.15, -0.1) is 0 Å². The zero-order valence-electron chi connectivity index (χ0n) is 14.6. The van der Waals surface area contributed by atoms with Crippen LogP contribution in [0.1, 0.15) is 37.2 Å². The quantitative estimate of drug-likeness (QED) is 0.811. The number of rotatable bonds is 6. The smallest absolute Gasteiger partial charge is 0.227 e. The number of morpholine rings is 1. The third-order valence-corrected chi connectivity index (χ3v) is 4.39. The van der Waals surface area contributed by atoms with Crippen LogP contribution in [0.25, 0.3) is 0 Å². The van der Waals surface area contributed by atoms with E-state index in [1.165, 1.54) is 5.56 Å². The van der Waals surface area contributed by atoms with Gasteiger partial charge in [0.25, 0.3) is 0 Å². The Balaban J connectivity index is 1.56. The maximum atomic E-state index is 5.81. The number of ether oxygens (including phenoxy) is 2. The maximum absolute atomic E-state index is 5.81. The van der Waals surface area contributed by atoms with Crippen molar-refractivity contribution in [3.05, 3.63) is 41.5 Å². The first-order valence-corrected chi connectivity index (χ1v) is 8.47. The van der Waals surface area contributed by atoms with E-state index in [-0.39, 0.29) is 6.10 Å². The monoisotopic (exact) mass is 331 g/mol. The first kappa shape index (κ1) is 16.9. The molecule has 0 N–H and O–H groups in total. The minimum Gasteiger partial charge on any atom is -0.497 e. The molecule has 0 amide bonds. The van der Waals surface area contributed by atoms with Crippen molar-refractivity contribution in [2.45, 2.75) is 38.8 Å². The fourth-order valence-electron chi connectivity index (χ4n) is 2.84. The molecule has 3 rings (SSSR count). The molecule has 6 nitrogen and oxygen atoms in total. The number of nitrogens with zero attached hydrogens (tertiary/aromatic N) is 3. The molecule has 1 aliphatic heterocycles. The molecule has 130 valence electrons. The molecule has 1 atom stereocenters. The number of methoxy groups -OCH3 is 1. The van der Waals surface area contributed by atoms with Gasteiger partial charge in [-0.2, -0.15) is 4.98 Å². The Labute approximate surface area is 142 Å². The van der Waals surface area contributed by atoms with E-state index in [1.54, 1.807) is 7.11 Å². The van der Waals surface area contributed by atoms with Crippen LogP contribution in [-0.2, 0) is 17.6 Å². The predicted octanol–water partition coefficient (Wildman–Crippen LogP) is 2.65. The number of aromatic nitrogens is 2. The first-order valence-electron chi connectivity index (χ1n) is 8.47. The van der Waals surface area contributed by atoms with Crippen LogP contribution in [0.2, 0.25) is 0 Å². The van der Waals surface area contributed by atoms with E-state index in [1.807, 2.05) is 12.1 Å². The van der Waals surface area contributed by atoms with Crippen molar-refractivity contribution in [2.24, 2.45) is 0 Å². The molecule has 6 heteroatoms. The van der Waals surface area contributed by atoms with Crippen molar-refractivity contribution in [1.29, 1.82) is 0 Å². The second-order valence-corrected chi connectivity index (χ2v) is 6.34. The van der Waals surface area contributed by atoms with Gasteiger partial charge in [0, 0.05) is 25.6 Å². The zero-order valence-corrected chi connectivity index (χ0v) is 14.6. The second kappa shape index (κ2) is 7.77. The summed E-state index contributed by atoms with van der Waals surface area (Å²) in [6.45, 7) is 6.86. The van der Waals surface area contributed by atoms with Crippen LogP contribution < -0.4 is 4.74 Å². The van der Waals surface area contributed by atoms with Crippen molar-refractivity contribution in [3.63, 3.8) is 0 Å². The van der Waals surface area contributed by atoms with Crippen molar-refractivity contribution in [2.75, 3.05) is 26.8 Å². The van der Waals surface area contributed by atoms with Gasteiger partial charge in [0.1, 0.15) is 11.9 Å². The van der Waals surface area contributed by atoms with E-state index in [9.17, 15) is 0 Å². The Kier molecular flexibility index (Phi) is 5.48. The average molecular weight is 331 g/mol. The maximum Gasteiger partial charge on any atom is 0.227 e. The summed E-state index contributed by atoms with van der Waals surface area (Å²) in [4.78, 5) is 6.90. The van der Waals surface area contributed by atoms with E-state index in [0.29, 0.717) is 24.4 Å².